The van der Waals surface area contributed by atoms with Crippen LogP contribution in [0.4, 0.5) is 10.5 Å². The van der Waals surface area contributed by atoms with Gasteiger partial charge in [-0.05, 0) is 17.2 Å². The lowest BCUT2D eigenvalue weighted by atomic mass is 10.1. The predicted octanol–water partition coefficient (Wildman–Crippen LogP) is 3.35. The number of carbonyl (C=O) groups excluding carboxylic acids is 2. The normalized spacial score (nSPS) is 14.2. The third kappa shape index (κ3) is 3.17. The lowest BCUT2D eigenvalue weighted by Crippen LogP contribution is -2.32. The summed E-state index contributed by atoms with van der Waals surface area (Å²) in [5.74, 6) is 0.144. The maximum atomic E-state index is 12.4. The van der Waals surface area contributed by atoms with Crippen LogP contribution in [-0.4, -0.2) is 18.4 Å². The van der Waals surface area contributed by atoms with Crippen LogP contribution in [-0.2, 0) is 22.6 Å². The van der Waals surface area contributed by atoms with E-state index in [2.05, 4.69) is 0 Å². The standard InChI is InChI=1S/C18H17NO3/c20-16-10-11-19(17-9-5-4-8-15(17)12-16)18(21)22-13-14-6-2-1-3-7-14/h1-9H,10-13H2. The van der Waals surface area contributed by atoms with Crippen molar-refractivity contribution < 1.29 is 14.3 Å². The molecule has 1 heterocycles. The summed E-state index contributed by atoms with van der Waals surface area (Å²) in [4.78, 5) is 25.8. The molecular weight excluding hydrogens is 278 g/mol. The van der Waals surface area contributed by atoms with Crippen LogP contribution in [0, 0.1) is 0 Å². The average Bonchev–Trinajstić information content (AvgIpc) is 2.72. The number of hydrogen-bond acceptors (Lipinski definition) is 3. The maximum absolute atomic E-state index is 12.4. The molecule has 1 aliphatic rings. The summed E-state index contributed by atoms with van der Waals surface area (Å²) in [5.41, 5.74) is 2.59. The fraction of sp³-hybridized carbons (Fsp3) is 0.222. The second-order valence-electron chi connectivity index (χ2n) is 5.29. The van der Waals surface area contributed by atoms with Gasteiger partial charge in [0.15, 0.2) is 0 Å². The Morgan fingerprint density at radius 2 is 1.77 bits per heavy atom. The molecule has 0 aromatic heterocycles. The van der Waals surface area contributed by atoms with Crippen molar-refractivity contribution in [3.63, 3.8) is 0 Å². The van der Waals surface area contributed by atoms with E-state index in [1.54, 1.807) is 4.90 Å². The number of carbonyl (C=O) groups is 2. The summed E-state index contributed by atoms with van der Waals surface area (Å²) < 4.78 is 5.39. The van der Waals surface area contributed by atoms with Gasteiger partial charge in [-0.2, -0.15) is 0 Å². The van der Waals surface area contributed by atoms with E-state index in [0.717, 1.165) is 16.8 Å². The monoisotopic (exact) mass is 295 g/mol. The minimum absolute atomic E-state index is 0.144. The van der Waals surface area contributed by atoms with Crippen molar-refractivity contribution in [3.05, 3.63) is 65.7 Å². The summed E-state index contributed by atoms with van der Waals surface area (Å²) in [6, 6.07) is 17.0. The first-order valence-electron chi connectivity index (χ1n) is 7.32. The lowest BCUT2D eigenvalue weighted by Gasteiger charge is -2.21. The van der Waals surface area contributed by atoms with Gasteiger partial charge in [0, 0.05) is 19.4 Å². The third-order valence-corrected chi connectivity index (χ3v) is 3.71. The highest BCUT2D eigenvalue weighted by Gasteiger charge is 2.24. The second kappa shape index (κ2) is 6.43. The quantitative estimate of drug-likeness (QED) is 0.853. The molecule has 4 heteroatoms. The first kappa shape index (κ1) is 14.3. The molecule has 0 aliphatic carbocycles. The van der Waals surface area contributed by atoms with Crippen molar-refractivity contribution in [1.82, 2.24) is 0 Å². The molecule has 1 amide bonds. The molecule has 3 rings (SSSR count). The Morgan fingerprint density at radius 3 is 2.59 bits per heavy atom. The van der Waals surface area contributed by atoms with E-state index in [0.29, 0.717) is 19.4 Å². The molecule has 22 heavy (non-hydrogen) atoms. The van der Waals surface area contributed by atoms with E-state index >= 15 is 0 Å². The van der Waals surface area contributed by atoms with Crippen molar-refractivity contribution in [3.8, 4) is 0 Å². The Labute approximate surface area is 129 Å². The Bertz CT molecular complexity index is 682. The van der Waals surface area contributed by atoms with Crippen LogP contribution >= 0.6 is 0 Å². The van der Waals surface area contributed by atoms with E-state index in [9.17, 15) is 9.59 Å². The van der Waals surface area contributed by atoms with E-state index in [4.69, 9.17) is 4.74 Å². The zero-order chi connectivity index (χ0) is 15.4. The summed E-state index contributed by atoms with van der Waals surface area (Å²) in [7, 11) is 0. The zero-order valence-corrected chi connectivity index (χ0v) is 12.2. The van der Waals surface area contributed by atoms with E-state index < -0.39 is 6.09 Å². The lowest BCUT2D eigenvalue weighted by molar-refractivity contribution is -0.118. The van der Waals surface area contributed by atoms with Crippen LogP contribution in [0.25, 0.3) is 0 Å². The molecule has 0 atom stereocenters. The summed E-state index contributed by atoms with van der Waals surface area (Å²) in [6.07, 6.45) is 0.319. The minimum atomic E-state index is -0.411. The van der Waals surface area contributed by atoms with Gasteiger partial charge in [-0.25, -0.2) is 4.79 Å². The molecule has 1 aliphatic heterocycles. The Balaban J connectivity index is 1.76. The van der Waals surface area contributed by atoms with Gasteiger partial charge < -0.3 is 4.74 Å². The van der Waals surface area contributed by atoms with Crippen LogP contribution in [0.3, 0.4) is 0 Å². The fourth-order valence-corrected chi connectivity index (χ4v) is 2.57. The zero-order valence-electron chi connectivity index (χ0n) is 12.2. The highest BCUT2D eigenvalue weighted by molar-refractivity contribution is 5.93. The maximum Gasteiger partial charge on any atom is 0.414 e. The van der Waals surface area contributed by atoms with Crippen LogP contribution in [0.1, 0.15) is 17.5 Å². The number of rotatable bonds is 2. The molecule has 0 saturated heterocycles. The molecule has 112 valence electrons. The van der Waals surface area contributed by atoms with Crippen LogP contribution in [0.5, 0.6) is 0 Å². The minimum Gasteiger partial charge on any atom is -0.444 e. The van der Waals surface area contributed by atoms with Gasteiger partial charge in [-0.3, -0.25) is 9.69 Å². The Morgan fingerprint density at radius 1 is 1.05 bits per heavy atom. The Kier molecular flexibility index (Phi) is 4.19. The summed E-state index contributed by atoms with van der Waals surface area (Å²) in [5, 5.41) is 0. The highest BCUT2D eigenvalue weighted by atomic mass is 16.6. The SMILES string of the molecule is O=C1CCN(C(=O)OCc2ccccc2)c2ccccc2C1. The number of amides is 1. The number of ketones is 1. The number of hydrogen-bond donors (Lipinski definition) is 0. The molecule has 0 saturated carbocycles. The molecule has 2 aromatic carbocycles. The first-order chi connectivity index (χ1) is 10.7. The van der Waals surface area contributed by atoms with Gasteiger partial charge in [0.2, 0.25) is 0 Å². The molecule has 4 nitrogen and oxygen atoms in total. The summed E-state index contributed by atoms with van der Waals surface area (Å²) in [6.45, 7) is 0.593. The molecule has 0 fully saturated rings. The number of Topliss-reactive ketones (excluding diaryl/α,β-unsaturated/α-hetero) is 1. The number of fused-ring (bicyclic) bond motifs is 1. The average molecular weight is 295 g/mol. The van der Waals surface area contributed by atoms with Gasteiger partial charge in [-0.1, -0.05) is 48.5 Å². The number of ether oxygens (including phenoxy) is 1. The second-order valence-corrected chi connectivity index (χ2v) is 5.29. The highest BCUT2D eigenvalue weighted by Crippen LogP contribution is 2.25. The van der Waals surface area contributed by atoms with Gasteiger partial charge in [-0.15, -0.1) is 0 Å². The van der Waals surface area contributed by atoms with Crippen LogP contribution in [0.15, 0.2) is 54.6 Å². The van der Waals surface area contributed by atoms with Crippen molar-refractivity contribution in [2.24, 2.45) is 0 Å². The molecule has 0 radical (unpaired) electrons. The van der Waals surface area contributed by atoms with Gasteiger partial charge in [0.25, 0.3) is 0 Å². The third-order valence-electron chi connectivity index (χ3n) is 3.71. The van der Waals surface area contributed by atoms with Crippen LogP contribution in [0.2, 0.25) is 0 Å². The molecule has 2 aromatic rings. The number of nitrogens with zero attached hydrogens (tertiary/aromatic N) is 1. The predicted molar refractivity (Wildman–Crippen MR) is 83.7 cm³/mol. The van der Waals surface area contributed by atoms with Crippen LogP contribution < -0.4 is 4.90 Å². The number of anilines is 1. The molecule has 0 unspecified atom stereocenters. The topological polar surface area (TPSA) is 46.6 Å². The van der Waals surface area contributed by atoms with Crippen molar-refractivity contribution in [2.75, 3.05) is 11.4 Å². The molecule has 0 spiro atoms. The molecule has 0 bridgehead atoms. The van der Waals surface area contributed by atoms with Gasteiger partial charge in [0.1, 0.15) is 12.4 Å². The van der Waals surface area contributed by atoms with E-state index in [-0.39, 0.29) is 12.4 Å². The summed E-state index contributed by atoms with van der Waals surface area (Å²) >= 11 is 0. The van der Waals surface area contributed by atoms with Crippen molar-refractivity contribution in [1.29, 1.82) is 0 Å². The van der Waals surface area contributed by atoms with Gasteiger partial charge in [0.05, 0.1) is 5.69 Å². The Hall–Kier alpha value is -2.62. The molecular formula is C18H17NO3. The largest absolute Gasteiger partial charge is 0.444 e. The van der Waals surface area contributed by atoms with Crippen molar-refractivity contribution in [2.45, 2.75) is 19.4 Å². The van der Waals surface area contributed by atoms with E-state index in [1.807, 2.05) is 54.6 Å². The van der Waals surface area contributed by atoms with Gasteiger partial charge >= 0.3 is 6.09 Å². The molecule has 0 N–H and O–H groups in total. The fourth-order valence-electron chi connectivity index (χ4n) is 2.57. The first-order valence-corrected chi connectivity index (χ1v) is 7.32. The number of benzene rings is 2. The van der Waals surface area contributed by atoms with E-state index in [1.165, 1.54) is 0 Å². The smallest absolute Gasteiger partial charge is 0.414 e. The number of para-hydroxylation sites is 1. The van der Waals surface area contributed by atoms with Crippen molar-refractivity contribution >= 4 is 17.6 Å².